The summed E-state index contributed by atoms with van der Waals surface area (Å²) in [5.74, 6) is 0.509. The average Bonchev–Trinajstić information content (AvgIpc) is 2.40. The normalized spacial score (nSPS) is 10.1. The Morgan fingerprint density at radius 3 is 2.44 bits per heavy atom. The lowest BCUT2D eigenvalue weighted by Gasteiger charge is -2.10. The standard InChI is InChI=1S/C15H15NOS/c1-18-11-15(17)16-14-10-6-5-9-13(14)12-7-3-2-4-8-12/h2-10H,11H2,1H3,(H,16,17). The molecule has 0 heterocycles. The van der Waals surface area contributed by atoms with Crippen LogP contribution in [-0.2, 0) is 4.79 Å². The Balaban J connectivity index is 2.29. The van der Waals surface area contributed by atoms with Gasteiger partial charge in [-0.2, -0.15) is 11.8 Å². The second kappa shape index (κ2) is 6.26. The molecule has 1 N–H and O–H groups in total. The number of carbonyl (C=O) groups excluding carboxylic acids is 1. The van der Waals surface area contributed by atoms with Crippen LogP contribution in [0.4, 0.5) is 5.69 Å². The van der Waals surface area contributed by atoms with Gasteiger partial charge in [-0.1, -0.05) is 48.5 Å². The first-order valence-electron chi connectivity index (χ1n) is 5.74. The number of hydrogen-bond donors (Lipinski definition) is 1. The molecule has 0 atom stereocenters. The van der Waals surface area contributed by atoms with Gasteiger partial charge >= 0.3 is 0 Å². The average molecular weight is 257 g/mol. The van der Waals surface area contributed by atoms with Gasteiger partial charge in [0.25, 0.3) is 0 Å². The molecule has 0 spiro atoms. The lowest BCUT2D eigenvalue weighted by Crippen LogP contribution is -2.14. The Morgan fingerprint density at radius 2 is 1.72 bits per heavy atom. The molecule has 0 unspecified atom stereocenters. The third-order valence-corrected chi connectivity index (χ3v) is 3.11. The second-order valence-electron chi connectivity index (χ2n) is 3.89. The van der Waals surface area contributed by atoms with Crippen LogP contribution in [0.5, 0.6) is 0 Å². The Morgan fingerprint density at radius 1 is 1.06 bits per heavy atom. The van der Waals surface area contributed by atoms with Crippen LogP contribution in [0, 0.1) is 0 Å². The minimum Gasteiger partial charge on any atom is -0.325 e. The van der Waals surface area contributed by atoms with E-state index >= 15 is 0 Å². The summed E-state index contributed by atoms with van der Waals surface area (Å²) in [7, 11) is 0. The Labute approximate surface area is 111 Å². The fourth-order valence-electron chi connectivity index (χ4n) is 1.78. The van der Waals surface area contributed by atoms with E-state index in [-0.39, 0.29) is 5.91 Å². The summed E-state index contributed by atoms with van der Waals surface area (Å²) in [4.78, 5) is 11.7. The van der Waals surface area contributed by atoms with Gasteiger partial charge in [-0.05, 0) is 17.9 Å². The molecule has 2 rings (SSSR count). The van der Waals surface area contributed by atoms with Crippen LogP contribution in [0.25, 0.3) is 11.1 Å². The molecule has 0 saturated heterocycles. The van der Waals surface area contributed by atoms with Crippen molar-refractivity contribution in [2.75, 3.05) is 17.3 Å². The molecule has 3 heteroatoms. The summed E-state index contributed by atoms with van der Waals surface area (Å²) < 4.78 is 0. The first-order valence-corrected chi connectivity index (χ1v) is 7.14. The van der Waals surface area contributed by atoms with E-state index in [9.17, 15) is 4.79 Å². The largest absolute Gasteiger partial charge is 0.325 e. The Bertz CT molecular complexity index is 525. The van der Waals surface area contributed by atoms with Gasteiger partial charge in [-0.3, -0.25) is 4.79 Å². The minimum absolute atomic E-state index is 0.0332. The van der Waals surface area contributed by atoms with Crippen molar-refractivity contribution in [2.24, 2.45) is 0 Å². The van der Waals surface area contributed by atoms with E-state index in [1.807, 2.05) is 60.9 Å². The number of hydrogen-bond acceptors (Lipinski definition) is 2. The smallest absolute Gasteiger partial charge is 0.234 e. The van der Waals surface area contributed by atoms with Gasteiger partial charge in [0, 0.05) is 11.3 Å². The van der Waals surface area contributed by atoms with Crippen molar-refractivity contribution < 1.29 is 4.79 Å². The third-order valence-electron chi connectivity index (χ3n) is 2.56. The first-order chi connectivity index (χ1) is 8.81. The molecular weight excluding hydrogens is 242 g/mol. The van der Waals surface area contributed by atoms with Crippen LogP contribution in [0.3, 0.4) is 0 Å². The van der Waals surface area contributed by atoms with E-state index in [0.29, 0.717) is 5.75 Å². The summed E-state index contributed by atoms with van der Waals surface area (Å²) in [5, 5.41) is 2.95. The van der Waals surface area contributed by atoms with Crippen molar-refractivity contribution in [3.05, 3.63) is 54.6 Å². The molecule has 0 radical (unpaired) electrons. The summed E-state index contributed by atoms with van der Waals surface area (Å²) in [6.45, 7) is 0. The summed E-state index contributed by atoms with van der Waals surface area (Å²) in [6.07, 6.45) is 1.92. The van der Waals surface area contributed by atoms with E-state index in [0.717, 1.165) is 16.8 Å². The molecular formula is C15H15NOS. The van der Waals surface area contributed by atoms with Crippen LogP contribution in [-0.4, -0.2) is 17.9 Å². The van der Waals surface area contributed by atoms with Gasteiger partial charge in [0.05, 0.1) is 5.75 Å². The molecule has 0 aliphatic rings. The Hall–Kier alpha value is -1.74. The van der Waals surface area contributed by atoms with E-state index in [1.165, 1.54) is 11.8 Å². The molecule has 2 aromatic carbocycles. The quantitative estimate of drug-likeness (QED) is 0.905. The van der Waals surface area contributed by atoms with Crippen molar-refractivity contribution in [3.63, 3.8) is 0 Å². The summed E-state index contributed by atoms with van der Waals surface area (Å²) in [5.41, 5.74) is 3.02. The van der Waals surface area contributed by atoms with Crippen LogP contribution in [0.1, 0.15) is 0 Å². The second-order valence-corrected chi connectivity index (χ2v) is 4.76. The maximum absolute atomic E-state index is 11.7. The molecule has 0 aromatic heterocycles. The number of rotatable bonds is 4. The highest BCUT2D eigenvalue weighted by Crippen LogP contribution is 2.27. The minimum atomic E-state index is 0.0332. The highest BCUT2D eigenvalue weighted by molar-refractivity contribution is 7.99. The molecule has 1 amide bonds. The number of thioether (sulfide) groups is 1. The van der Waals surface area contributed by atoms with Gasteiger partial charge < -0.3 is 5.32 Å². The lowest BCUT2D eigenvalue weighted by atomic mass is 10.0. The number of benzene rings is 2. The van der Waals surface area contributed by atoms with Gasteiger partial charge in [0.1, 0.15) is 0 Å². The fraction of sp³-hybridized carbons (Fsp3) is 0.133. The molecule has 92 valence electrons. The van der Waals surface area contributed by atoms with E-state index < -0.39 is 0 Å². The molecule has 18 heavy (non-hydrogen) atoms. The fourth-order valence-corrected chi connectivity index (χ4v) is 2.11. The SMILES string of the molecule is CSCC(=O)Nc1ccccc1-c1ccccc1. The van der Waals surface area contributed by atoms with Crippen LogP contribution < -0.4 is 5.32 Å². The monoisotopic (exact) mass is 257 g/mol. The number of anilines is 1. The van der Waals surface area contributed by atoms with Crippen molar-refractivity contribution in [2.45, 2.75) is 0 Å². The first kappa shape index (κ1) is 12.7. The zero-order valence-electron chi connectivity index (χ0n) is 10.2. The van der Waals surface area contributed by atoms with Crippen LogP contribution >= 0.6 is 11.8 Å². The zero-order chi connectivity index (χ0) is 12.8. The predicted molar refractivity (Wildman–Crippen MR) is 78.9 cm³/mol. The highest BCUT2D eigenvalue weighted by atomic mass is 32.2. The van der Waals surface area contributed by atoms with Crippen molar-refractivity contribution in [1.29, 1.82) is 0 Å². The van der Waals surface area contributed by atoms with Crippen molar-refractivity contribution in [1.82, 2.24) is 0 Å². The van der Waals surface area contributed by atoms with E-state index in [2.05, 4.69) is 5.32 Å². The topological polar surface area (TPSA) is 29.1 Å². The number of nitrogens with one attached hydrogen (secondary N) is 1. The molecule has 0 saturated carbocycles. The molecule has 0 bridgehead atoms. The number of carbonyl (C=O) groups is 1. The number of amides is 1. The van der Waals surface area contributed by atoms with Crippen molar-refractivity contribution >= 4 is 23.4 Å². The third kappa shape index (κ3) is 3.14. The van der Waals surface area contributed by atoms with Crippen LogP contribution in [0.15, 0.2) is 54.6 Å². The molecule has 2 aromatic rings. The molecule has 0 fully saturated rings. The van der Waals surface area contributed by atoms with E-state index in [4.69, 9.17) is 0 Å². The highest BCUT2D eigenvalue weighted by Gasteiger charge is 2.07. The zero-order valence-corrected chi connectivity index (χ0v) is 11.0. The molecule has 0 aliphatic carbocycles. The van der Waals surface area contributed by atoms with Gasteiger partial charge in [0.15, 0.2) is 0 Å². The maximum atomic E-state index is 11.7. The number of para-hydroxylation sites is 1. The van der Waals surface area contributed by atoms with Crippen molar-refractivity contribution in [3.8, 4) is 11.1 Å². The van der Waals surface area contributed by atoms with Gasteiger partial charge in [-0.15, -0.1) is 0 Å². The molecule has 2 nitrogen and oxygen atoms in total. The molecule has 0 aliphatic heterocycles. The maximum Gasteiger partial charge on any atom is 0.234 e. The Kier molecular flexibility index (Phi) is 4.42. The summed E-state index contributed by atoms with van der Waals surface area (Å²) in [6, 6.07) is 17.9. The van der Waals surface area contributed by atoms with E-state index in [1.54, 1.807) is 0 Å². The lowest BCUT2D eigenvalue weighted by molar-refractivity contribution is -0.113. The summed E-state index contributed by atoms with van der Waals surface area (Å²) >= 11 is 1.52. The van der Waals surface area contributed by atoms with Crippen LogP contribution in [0.2, 0.25) is 0 Å². The van der Waals surface area contributed by atoms with Gasteiger partial charge in [-0.25, -0.2) is 0 Å². The predicted octanol–water partition coefficient (Wildman–Crippen LogP) is 3.66. The van der Waals surface area contributed by atoms with Gasteiger partial charge in [0.2, 0.25) is 5.91 Å².